The van der Waals surface area contributed by atoms with Crippen molar-refractivity contribution in [3.8, 4) is 5.75 Å². The van der Waals surface area contributed by atoms with E-state index in [1.165, 1.54) is 19.2 Å². The van der Waals surface area contributed by atoms with Crippen LogP contribution in [-0.2, 0) is 10.0 Å². The van der Waals surface area contributed by atoms with Gasteiger partial charge in [-0.1, -0.05) is 0 Å². The van der Waals surface area contributed by atoms with Gasteiger partial charge in [0, 0.05) is 19.2 Å². The highest BCUT2D eigenvalue weighted by atomic mass is 32.2. The molecule has 0 saturated heterocycles. The van der Waals surface area contributed by atoms with Gasteiger partial charge in [-0.2, -0.15) is 0 Å². The van der Waals surface area contributed by atoms with Crippen LogP contribution in [0, 0.1) is 0 Å². The van der Waals surface area contributed by atoms with Crippen molar-refractivity contribution in [2.75, 3.05) is 40.0 Å². The summed E-state index contributed by atoms with van der Waals surface area (Å²) in [5, 5.41) is 0. The number of likely N-dealkylation sites (N-methyl/N-ethyl adjacent to an activating group) is 1. The van der Waals surface area contributed by atoms with Crippen LogP contribution in [0.3, 0.4) is 0 Å². The average Bonchev–Trinajstić information content (AvgIpc) is 2.27. The van der Waals surface area contributed by atoms with Crippen molar-refractivity contribution in [2.45, 2.75) is 4.90 Å². The van der Waals surface area contributed by atoms with Crippen LogP contribution in [0.2, 0.25) is 0 Å². The van der Waals surface area contributed by atoms with E-state index in [2.05, 4.69) is 4.72 Å². The van der Waals surface area contributed by atoms with E-state index in [1.807, 2.05) is 19.0 Å². The Labute approximate surface area is 108 Å². The minimum Gasteiger partial charge on any atom is -0.497 e. The molecule has 0 aromatic heterocycles. The molecule has 1 aromatic rings. The van der Waals surface area contributed by atoms with E-state index in [0.717, 1.165) is 0 Å². The second-order valence-electron chi connectivity index (χ2n) is 4.10. The second-order valence-corrected chi connectivity index (χ2v) is 5.84. The molecule has 0 heterocycles. The van der Waals surface area contributed by atoms with Gasteiger partial charge in [0.25, 0.3) is 0 Å². The van der Waals surface area contributed by atoms with E-state index < -0.39 is 10.0 Å². The van der Waals surface area contributed by atoms with Crippen molar-refractivity contribution in [1.29, 1.82) is 0 Å². The standard InChI is InChI=1S/C11H19N3O3S/c1-14(2)7-6-13-18(15,16)11-5-4-9(17-3)8-10(11)12/h4-5,8,13H,6-7,12H2,1-3H3. The number of nitrogen functional groups attached to an aromatic ring is 1. The molecular weight excluding hydrogens is 254 g/mol. The zero-order valence-electron chi connectivity index (χ0n) is 10.8. The number of anilines is 1. The van der Waals surface area contributed by atoms with Crippen LogP contribution in [0.1, 0.15) is 0 Å². The zero-order chi connectivity index (χ0) is 13.8. The molecule has 102 valence electrons. The van der Waals surface area contributed by atoms with Gasteiger partial charge >= 0.3 is 0 Å². The van der Waals surface area contributed by atoms with E-state index in [1.54, 1.807) is 6.07 Å². The van der Waals surface area contributed by atoms with Crippen molar-refractivity contribution in [1.82, 2.24) is 9.62 Å². The molecule has 0 fully saturated rings. The van der Waals surface area contributed by atoms with Gasteiger partial charge in [-0.3, -0.25) is 0 Å². The van der Waals surface area contributed by atoms with Crippen LogP contribution < -0.4 is 15.2 Å². The minimum absolute atomic E-state index is 0.0713. The Morgan fingerprint density at radius 2 is 2.06 bits per heavy atom. The van der Waals surface area contributed by atoms with E-state index >= 15 is 0 Å². The SMILES string of the molecule is COc1ccc(S(=O)(=O)NCCN(C)C)c(N)c1. The van der Waals surface area contributed by atoms with Crippen molar-refractivity contribution in [3.63, 3.8) is 0 Å². The highest BCUT2D eigenvalue weighted by molar-refractivity contribution is 7.89. The molecule has 0 aliphatic carbocycles. The molecule has 0 aliphatic heterocycles. The summed E-state index contributed by atoms with van der Waals surface area (Å²) >= 11 is 0. The molecule has 0 amide bonds. The Morgan fingerprint density at radius 1 is 1.39 bits per heavy atom. The number of ether oxygens (including phenoxy) is 1. The minimum atomic E-state index is -3.57. The number of nitrogens with one attached hydrogen (secondary N) is 1. The van der Waals surface area contributed by atoms with Crippen LogP contribution in [0.5, 0.6) is 5.75 Å². The quantitative estimate of drug-likeness (QED) is 0.719. The summed E-state index contributed by atoms with van der Waals surface area (Å²) < 4.78 is 31.4. The summed E-state index contributed by atoms with van der Waals surface area (Å²) in [5.41, 5.74) is 5.88. The number of hydrogen-bond donors (Lipinski definition) is 2. The van der Waals surface area contributed by atoms with E-state index in [4.69, 9.17) is 10.5 Å². The second kappa shape index (κ2) is 6.03. The molecule has 0 atom stereocenters. The molecule has 18 heavy (non-hydrogen) atoms. The van der Waals surface area contributed by atoms with Gasteiger partial charge in [-0.05, 0) is 26.2 Å². The fourth-order valence-electron chi connectivity index (χ4n) is 1.38. The Bertz CT molecular complexity index is 500. The predicted octanol–water partition coefficient (Wildman–Crippen LogP) is 0.117. The molecule has 0 unspecified atom stereocenters. The topological polar surface area (TPSA) is 84.7 Å². The van der Waals surface area contributed by atoms with Crippen LogP contribution in [-0.4, -0.2) is 47.6 Å². The van der Waals surface area contributed by atoms with Gasteiger partial charge < -0.3 is 15.4 Å². The summed E-state index contributed by atoms with van der Waals surface area (Å²) in [4.78, 5) is 1.96. The van der Waals surface area contributed by atoms with Gasteiger partial charge in [-0.25, -0.2) is 13.1 Å². The molecule has 1 aromatic carbocycles. The van der Waals surface area contributed by atoms with Crippen LogP contribution in [0.15, 0.2) is 23.1 Å². The lowest BCUT2D eigenvalue weighted by atomic mass is 10.3. The van der Waals surface area contributed by atoms with Gasteiger partial charge in [0.1, 0.15) is 10.6 Å². The van der Waals surface area contributed by atoms with Crippen molar-refractivity contribution in [2.24, 2.45) is 0 Å². The maximum atomic E-state index is 12.0. The monoisotopic (exact) mass is 273 g/mol. The summed E-state index contributed by atoms with van der Waals surface area (Å²) in [6.45, 7) is 0.954. The number of nitrogens with zero attached hydrogens (tertiary/aromatic N) is 1. The third-order valence-electron chi connectivity index (χ3n) is 2.36. The molecule has 0 saturated carbocycles. The molecule has 3 N–H and O–H groups in total. The maximum absolute atomic E-state index is 12.0. The number of rotatable bonds is 6. The van der Waals surface area contributed by atoms with Crippen LogP contribution in [0.4, 0.5) is 5.69 Å². The highest BCUT2D eigenvalue weighted by Crippen LogP contribution is 2.23. The Kier molecular flexibility index (Phi) is 4.94. The molecule has 0 aliphatic rings. The summed E-state index contributed by atoms with van der Waals surface area (Å²) in [7, 11) is 1.67. The van der Waals surface area contributed by atoms with E-state index in [9.17, 15) is 8.42 Å². The molecule has 0 radical (unpaired) electrons. The molecular formula is C11H19N3O3S. The first-order chi connectivity index (χ1) is 8.36. The molecule has 7 heteroatoms. The van der Waals surface area contributed by atoms with Gasteiger partial charge in [0.2, 0.25) is 10.0 Å². The lowest BCUT2D eigenvalue weighted by molar-refractivity contribution is 0.412. The Balaban J connectivity index is 2.85. The highest BCUT2D eigenvalue weighted by Gasteiger charge is 2.17. The number of methoxy groups -OCH3 is 1. The van der Waals surface area contributed by atoms with Crippen molar-refractivity contribution >= 4 is 15.7 Å². The van der Waals surface area contributed by atoms with Crippen LogP contribution >= 0.6 is 0 Å². The largest absolute Gasteiger partial charge is 0.497 e. The Morgan fingerprint density at radius 3 is 2.56 bits per heavy atom. The number of nitrogens with two attached hydrogens (primary N) is 1. The first-order valence-electron chi connectivity index (χ1n) is 5.44. The van der Waals surface area contributed by atoms with E-state index in [-0.39, 0.29) is 10.6 Å². The zero-order valence-corrected chi connectivity index (χ0v) is 11.6. The average molecular weight is 273 g/mol. The lowest BCUT2D eigenvalue weighted by Gasteiger charge is -2.12. The fraction of sp³-hybridized carbons (Fsp3) is 0.455. The molecule has 6 nitrogen and oxygen atoms in total. The third kappa shape index (κ3) is 3.86. The number of hydrogen-bond acceptors (Lipinski definition) is 5. The van der Waals surface area contributed by atoms with Crippen molar-refractivity contribution < 1.29 is 13.2 Å². The smallest absolute Gasteiger partial charge is 0.242 e. The lowest BCUT2D eigenvalue weighted by Crippen LogP contribution is -2.31. The first kappa shape index (κ1) is 14.7. The summed E-state index contributed by atoms with van der Waals surface area (Å²) in [6.07, 6.45) is 0. The number of benzene rings is 1. The third-order valence-corrected chi connectivity index (χ3v) is 3.89. The first-order valence-corrected chi connectivity index (χ1v) is 6.93. The van der Waals surface area contributed by atoms with Crippen molar-refractivity contribution in [3.05, 3.63) is 18.2 Å². The molecule has 1 rings (SSSR count). The van der Waals surface area contributed by atoms with Gasteiger partial charge in [-0.15, -0.1) is 0 Å². The normalized spacial score (nSPS) is 11.8. The maximum Gasteiger partial charge on any atom is 0.242 e. The summed E-state index contributed by atoms with van der Waals surface area (Å²) in [6, 6.07) is 4.49. The summed E-state index contributed by atoms with van der Waals surface area (Å²) in [5.74, 6) is 0.528. The van der Waals surface area contributed by atoms with Gasteiger partial charge in [0.05, 0.1) is 12.8 Å². The molecule has 0 bridgehead atoms. The van der Waals surface area contributed by atoms with Crippen LogP contribution in [0.25, 0.3) is 0 Å². The van der Waals surface area contributed by atoms with E-state index in [0.29, 0.717) is 18.8 Å². The number of sulfonamides is 1. The fourth-order valence-corrected chi connectivity index (χ4v) is 2.51. The Hall–Kier alpha value is -1.31. The predicted molar refractivity (Wildman–Crippen MR) is 71.1 cm³/mol. The molecule has 0 spiro atoms. The van der Waals surface area contributed by atoms with Gasteiger partial charge in [0.15, 0.2) is 0 Å².